The highest BCUT2D eigenvalue weighted by molar-refractivity contribution is 5.80. The van der Waals surface area contributed by atoms with Crippen molar-refractivity contribution < 1.29 is 9.53 Å². The summed E-state index contributed by atoms with van der Waals surface area (Å²) >= 11 is 0. The fourth-order valence-electron chi connectivity index (χ4n) is 4.24. The van der Waals surface area contributed by atoms with E-state index in [1.165, 1.54) is 32.1 Å². The van der Waals surface area contributed by atoms with E-state index in [-0.39, 0.29) is 0 Å². The maximum Gasteiger partial charge on any atom is 0.226 e. The number of rotatable bonds is 2. The first-order valence-corrected chi connectivity index (χ1v) is 7.64. The second-order valence-corrected chi connectivity index (χ2v) is 6.29. The third kappa shape index (κ3) is 2.18. The predicted molar refractivity (Wildman–Crippen MR) is 70.3 cm³/mol. The number of piperidine rings is 1. The Balaban J connectivity index is 1.67. The highest BCUT2D eigenvalue weighted by atomic mass is 16.5. The van der Waals surface area contributed by atoms with Gasteiger partial charge in [0.15, 0.2) is 0 Å². The molecular formula is C15H25NO2. The normalized spacial score (nSPS) is 36.9. The zero-order valence-electron chi connectivity index (χ0n) is 11.4. The molecule has 0 aromatic rings. The molecule has 102 valence electrons. The summed E-state index contributed by atoms with van der Waals surface area (Å²) in [5.74, 6) is 0.803. The number of carbonyl (C=O) groups excluding carboxylic acids is 1. The van der Waals surface area contributed by atoms with Gasteiger partial charge in [-0.25, -0.2) is 0 Å². The molecule has 1 amide bonds. The van der Waals surface area contributed by atoms with Crippen LogP contribution < -0.4 is 0 Å². The Morgan fingerprint density at radius 2 is 1.61 bits per heavy atom. The number of hydrogen-bond donors (Lipinski definition) is 0. The van der Waals surface area contributed by atoms with Crippen LogP contribution in [0.25, 0.3) is 0 Å². The lowest BCUT2D eigenvalue weighted by atomic mass is 9.87. The van der Waals surface area contributed by atoms with Crippen LogP contribution in [0, 0.1) is 5.92 Å². The van der Waals surface area contributed by atoms with Crippen LogP contribution in [0.15, 0.2) is 0 Å². The lowest BCUT2D eigenvalue weighted by Crippen LogP contribution is -2.50. The van der Waals surface area contributed by atoms with Crippen molar-refractivity contribution in [1.82, 2.24) is 4.90 Å². The van der Waals surface area contributed by atoms with Crippen LogP contribution >= 0.6 is 0 Å². The van der Waals surface area contributed by atoms with Crippen LogP contribution in [-0.2, 0) is 9.53 Å². The highest BCUT2D eigenvalue weighted by Gasteiger charge is 2.44. The third-order valence-electron chi connectivity index (χ3n) is 5.23. The van der Waals surface area contributed by atoms with Gasteiger partial charge in [0.05, 0.1) is 6.10 Å². The molecule has 2 saturated heterocycles. The van der Waals surface area contributed by atoms with Crippen molar-refractivity contribution in [2.24, 2.45) is 5.92 Å². The quantitative estimate of drug-likeness (QED) is 0.755. The number of amides is 1. The predicted octanol–water partition coefficient (Wildman–Crippen LogP) is 2.74. The van der Waals surface area contributed by atoms with Crippen LogP contribution in [-0.4, -0.2) is 36.1 Å². The van der Waals surface area contributed by atoms with Crippen molar-refractivity contribution in [3.63, 3.8) is 0 Å². The first-order valence-electron chi connectivity index (χ1n) is 7.64. The van der Waals surface area contributed by atoms with Gasteiger partial charge in [-0.1, -0.05) is 19.3 Å². The minimum atomic E-state index is 0.334. The second-order valence-electron chi connectivity index (χ2n) is 6.29. The average molecular weight is 251 g/mol. The molecule has 3 heteroatoms. The Bertz CT molecular complexity index is 298. The standard InChI is InChI=1S/C15H25NO2/c1-18-14-9-12-7-8-13(10-14)16(12)15(17)11-5-3-2-4-6-11/h11-14H,2-10H2,1H3. The molecule has 2 atom stereocenters. The maximum absolute atomic E-state index is 12.7. The highest BCUT2D eigenvalue weighted by Crippen LogP contribution is 2.39. The zero-order chi connectivity index (χ0) is 12.5. The summed E-state index contributed by atoms with van der Waals surface area (Å²) in [6, 6.07) is 0.950. The molecule has 18 heavy (non-hydrogen) atoms. The van der Waals surface area contributed by atoms with Gasteiger partial charge in [-0.05, 0) is 38.5 Å². The van der Waals surface area contributed by atoms with E-state index in [4.69, 9.17) is 4.74 Å². The molecule has 3 nitrogen and oxygen atoms in total. The Morgan fingerprint density at radius 3 is 2.17 bits per heavy atom. The van der Waals surface area contributed by atoms with Crippen LogP contribution in [0.1, 0.15) is 57.8 Å². The van der Waals surface area contributed by atoms with Crippen molar-refractivity contribution in [1.29, 1.82) is 0 Å². The molecule has 2 bridgehead atoms. The van der Waals surface area contributed by atoms with E-state index in [1.807, 2.05) is 7.11 Å². The Hall–Kier alpha value is -0.570. The van der Waals surface area contributed by atoms with Crippen molar-refractivity contribution in [3.8, 4) is 0 Å². The lowest BCUT2D eigenvalue weighted by Gasteiger charge is -2.40. The van der Waals surface area contributed by atoms with E-state index in [2.05, 4.69) is 4.90 Å². The first-order chi connectivity index (χ1) is 8.79. The molecule has 0 aromatic heterocycles. The molecule has 3 aliphatic rings. The van der Waals surface area contributed by atoms with Crippen LogP contribution in [0.2, 0.25) is 0 Å². The maximum atomic E-state index is 12.7. The molecule has 0 spiro atoms. The van der Waals surface area contributed by atoms with Gasteiger partial charge in [0.2, 0.25) is 5.91 Å². The number of nitrogens with zero attached hydrogens (tertiary/aromatic N) is 1. The van der Waals surface area contributed by atoms with Crippen molar-refractivity contribution in [2.75, 3.05) is 7.11 Å². The van der Waals surface area contributed by atoms with Gasteiger partial charge >= 0.3 is 0 Å². The van der Waals surface area contributed by atoms with Crippen LogP contribution in [0.3, 0.4) is 0 Å². The number of fused-ring (bicyclic) bond motifs is 2. The van der Waals surface area contributed by atoms with Crippen molar-refractivity contribution in [3.05, 3.63) is 0 Å². The summed E-state index contributed by atoms with van der Waals surface area (Å²) in [6.07, 6.45) is 11.0. The lowest BCUT2D eigenvalue weighted by molar-refractivity contribution is -0.143. The van der Waals surface area contributed by atoms with Gasteiger partial charge in [0, 0.05) is 25.1 Å². The Kier molecular flexibility index (Phi) is 3.60. The number of ether oxygens (including phenoxy) is 1. The van der Waals surface area contributed by atoms with Gasteiger partial charge in [0.25, 0.3) is 0 Å². The summed E-state index contributed by atoms with van der Waals surface area (Å²) in [5, 5.41) is 0. The molecule has 2 unspecified atom stereocenters. The third-order valence-corrected chi connectivity index (χ3v) is 5.23. The summed E-state index contributed by atoms with van der Waals surface area (Å²) in [7, 11) is 1.81. The number of carbonyl (C=O) groups is 1. The molecule has 0 aromatic carbocycles. The molecule has 3 fully saturated rings. The molecule has 0 radical (unpaired) electrons. The topological polar surface area (TPSA) is 29.5 Å². The molecule has 1 aliphatic carbocycles. The van der Waals surface area contributed by atoms with Gasteiger partial charge < -0.3 is 9.64 Å². The molecule has 2 heterocycles. The van der Waals surface area contributed by atoms with E-state index in [0.717, 1.165) is 25.7 Å². The number of hydrogen-bond acceptors (Lipinski definition) is 2. The van der Waals surface area contributed by atoms with Gasteiger partial charge in [-0.3, -0.25) is 4.79 Å². The van der Waals surface area contributed by atoms with Gasteiger partial charge in [-0.15, -0.1) is 0 Å². The van der Waals surface area contributed by atoms with E-state index < -0.39 is 0 Å². The average Bonchev–Trinajstić information content (AvgIpc) is 2.69. The van der Waals surface area contributed by atoms with Crippen LogP contribution in [0.4, 0.5) is 0 Å². The Labute approximate surface area is 110 Å². The molecule has 1 saturated carbocycles. The fourth-order valence-corrected chi connectivity index (χ4v) is 4.24. The van der Waals surface area contributed by atoms with E-state index in [9.17, 15) is 4.79 Å². The molecule has 2 aliphatic heterocycles. The van der Waals surface area contributed by atoms with Crippen molar-refractivity contribution in [2.45, 2.75) is 76.0 Å². The van der Waals surface area contributed by atoms with Crippen molar-refractivity contribution >= 4 is 5.91 Å². The second kappa shape index (κ2) is 5.20. The molecular weight excluding hydrogens is 226 g/mol. The summed E-state index contributed by atoms with van der Waals surface area (Å²) < 4.78 is 5.51. The summed E-state index contributed by atoms with van der Waals surface area (Å²) in [5.41, 5.74) is 0. The van der Waals surface area contributed by atoms with Gasteiger partial charge in [0.1, 0.15) is 0 Å². The summed E-state index contributed by atoms with van der Waals surface area (Å²) in [6.45, 7) is 0. The first kappa shape index (κ1) is 12.5. The fraction of sp³-hybridized carbons (Fsp3) is 0.933. The van der Waals surface area contributed by atoms with Crippen LogP contribution in [0.5, 0.6) is 0 Å². The smallest absolute Gasteiger partial charge is 0.226 e. The minimum Gasteiger partial charge on any atom is -0.381 e. The Morgan fingerprint density at radius 1 is 1.00 bits per heavy atom. The SMILES string of the molecule is COC1CC2CCC(C1)N2C(=O)C1CCCCC1. The zero-order valence-corrected chi connectivity index (χ0v) is 11.4. The monoisotopic (exact) mass is 251 g/mol. The number of methoxy groups -OCH3 is 1. The van der Waals surface area contributed by atoms with E-state index in [1.54, 1.807) is 0 Å². The molecule has 0 N–H and O–H groups in total. The minimum absolute atomic E-state index is 0.334. The molecule has 3 rings (SSSR count). The largest absolute Gasteiger partial charge is 0.381 e. The van der Waals surface area contributed by atoms with E-state index >= 15 is 0 Å². The van der Waals surface area contributed by atoms with Gasteiger partial charge in [-0.2, -0.15) is 0 Å². The van der Waals surface area contributed by atoms with E-state index in [0.29, 0.717) is 30.0 Å². The summed E-state index contributed by atoms with van der Waals surface area (Å²) in [4.78, 5) is 14.9.